The maximum Gasteiger partial charge on any atom is 0.290 e. The molecule has 1 aromatic heterocycles. The van der Waals surface area contributed by atoms with Gasteiger partial charge < -0.3 is 24.5 Å². The number of carboxylic acid groups (broad SMARTS) is 1. The molecule has 6 rings (SSSR count). The third kappa shape index (κ3) is 9.99. The summed E-state index contributed by atoms with van der Waals surface area (Å²) in [6.45, 7) is 4.13. The van der Waals surface area contributed by atoms with Crippen LogP contribution in [0.5, 0.6) is 11.5 Å². The first-order chi connectivity index (χ1) is 27.9. The van der Waals surface area contributed by atoms with E-state index in [-0.39, 0.29) is 36.7 Å². The molecule has 0 radical (unpaired) electrons. The highest BCUT2D eigenvalue weighted by Crippen LogP contribution is 2.37. The highest BCUT2D eigenvalue weighted by atomic mass is 16.5. The summed E-state index contributed by atoms with van der Waals surface area (Å²) in [5, 5.41) is 12.2. The van der Waals surface area contributed by atoms with Gasteiger partial charge in [0.15, 0.2) is 0 Å². The Bertz CT molecular complexity index is 2040. The number of fused-ring (bicyclic) bond motifs is 1. The molecule has 4 heterocycles. The maximum atomic E-state index is 13.3. The van der Waals surface area contributed by atoms with Crippen LogP contribution in [0.4, 0.5) is 0 Å². The number of rotatable bonds is 17. The molecule has 3 N–H and O–H groups in total. The first-order valence-corrected chi connectivity index (χ1v) is 19.8. The summed E-state index contributed by atoms with van der Waals surface area (Å²) in [7, 11) is 5.00. The quantitative estimate of drug-likeness (QED) is 0.102. The largest absolute Gasteiger partial charge is 0.496 e. The molecule has 15 nitrogen and oxygen atoms in total. The summed E-state index contributed by atoms with van der Waals surface area (Å²) in [4.78, 5) is 87.0. The number of ether oxygens (including phenoxy) is 2. The number of benzene rings is 2. The average molecular weight is 800 g/mol. The van der Waals surface area contributed by atoms with Crippen LogP contribution >= 0.6 is 0 Å². The van der Waals surface area contributed by atoms with Crippen LogP contribution in [0.1, 0.15) is 95.2 Å². The number of likely N-dealkylation sites (tertiary alicyclic amines) is 1. The number of nitrogens with one attached hydrogen (secondary N) is 2. The Labute approximate surface area is 337 Å². The van der Waals surface area contributed by atoms with Crippen molar-refractivity contribution in [1.29, 1.82) is 0 Å². The van der Waals surface area contributed by atoms with E-state index in [0.717, 1.165) is 72.1 Å². The zero-order valence-corrected chi connectivity index (χ0v) is 33.6. The van der Waals surface area contributed by atoms with E-state index in [1.807, 2.05) is 30.5 Å². The van der Waals surface area contributed by atoms with Gasteiger partial charge in [-0.1, -0.05) is 44.2 Å². The molecular formula is C43H53N5O10. The lowest BCUT2D eigenvalue weighted by Gasteiger charge is -2.38. The summed E-state index contributed by atoms with van der Waals surface area (Å²) in [5.74, 6) is -0.492. The molecule has 1 atom stereocenters. The van der Waals surface area contributed by atoms with Gasteiger partial charge in [0.25, 0.3) is 23.8 Å². The lowest BCUT2D eigenvalue weighted by Crippen LogP contribution is -2.54. The summed E-state index contributed by atoms with van der Waals surface area (Å²) in [5.41, 5.74) is 4.87. The Morgan fingerprint density at radius 2 is 1.55 bits per heavy atom. The van der Waals surface area contributed by atoms with Gasteiger partial charge in [-0.05, 0) is 73.6 Å². The molecule has 0 saturated carbocycles. The van der Waals surface area contributed by atoms with E-state index in [2.05, 4.69) is 15.5 Å². The van der Waals surface area contributed by atoms with Gasteiger partial charge in [-0.15, -0.1) is 0 Å². The van der Waals surface area contributed by atoms with Crippen molar-refractivity contribution in [2.45, 2.75) is 83.7 Å². The van der Waals surface area contributed by atoms with Gasteiger partial charge in [0.2, 0.25) is 17.7 Å². The molecule has 1 unspecified atom stereocenters. The lowest BCUT2D eigenvalue weighted by molar-refractivity contribution is -0.136. The normalized spacial score (nSPS) is 16.6. The molecule has 3 aromatic rings. The van der Waals surface area contributed by atoms with Gasteiger partial charge in [0.05, 0.1) is 36.8 Å². The summed E-state index contributed by atoms with van der Waals surface area (Å²) < 4.78 is 13.1. The van der Waals surface area contributed by atoms with E-state index < -0.39 is 29.7 Å². The molecule has 0 spiro atoms. The summed E-state index contributed by atoms with van der Waals surface area (Å²) in [6.07, 6.45) is 9.76. The molecule has 5 amide bonds. The molecule has 2 saturated heterocycles. The number of aryl methyl sites for hydroxylation is 3. The number of aromatic nitrogens is 1. The van der Waals surface area contributed by atoms with Crippen molar-refractivity contribution < 1.29 is 43.3 Å². The second kappa shape index (κ2) is 20.0. The number of unbranched alkanes of at least 4 members (excludes halogenated alkanes) is 6. The van der Waals surface area contributed by atoms with Gasteiger partial charge in [0.1, 0.15) is 17.5 Å². The van der Waals surface area contributed by atoms with Crippen LogP contribution in [-0.4, -0.2) is 95.4 Å². The number of nitrogens with zero attached hydrogens (tertiary/aromatic N) is 3. The van der Waals surface area contributed by atoms with Crippen LogP contribution in [-0.2, 0) is 39.2 Å². The first-order valence-electron chi connectivity index (χ1n) is 19.8. The Morgan fingerprint density at radius 1 is 0.914 bits per heavy atom. The molecule has 2 aromatic carbocycles. The van der Waals surface area contributed by atoms with Gasteiger partial charge in [0, 0.05) is 51.4 Å². The highest BCUT2D eigenvalue weighted by Gasteiger charge is 2.45. The average Bonchev–Trinajstić information content (AvgIpc) is 3.44. The van der Waals surface area contributed by atoms with Crippen LogP contribution < -0.4 is 25.7 Å². The van der Waals surface area contributed by atoms with Crippen molar-refractivity contribution in [2.75, 3.05) is 33.9 Å². The molecule has 2 fully saturated rings. The second-order valence-corrected chi connectivity index (χ2v) is 15.0. The van der Waals surface area contributed by atoms with Crippen molar-refractivity contribution in [3.05, 3.63) is 80.8 Å². The van der Waals surface area contributed by atoms with Crippen LogP contribution in [0.3, 0.4) is 0 Å². The zero-order chi connectivity index (χ0) is 41.9. The predicted molar refractivity (Wildman–Crippen MR) is 215 cm³/mol. The van der Waals surface area contributed by atoms with Gasteiger partial charge in [-0.25, -0.2) is 0 Å². The topological polar surface area (TPSA) is 194 Å². The fourth-order valence-electron chi connectivity index (χ4n) is 7.90. The molecule has 0 bridgehead atoms. The number of amides is 5. The molecule has 310 valence electrons. The van der Waals surface area contributed by atoms with Gasteiger partial charge in [-0.2, -0.15) is 0 Å². The van der Waals surface area contributed by atoms with Crippen LogP contribution in [0.2, 0.25) is 0 Å². The van der Waals surface area contributed by atoms with E-state index >= 15 is 0 Å². The number of carbonyl (C=O) groups is 6. The molecule has 58 heavy (non-hydrogen) atoms. The van der Waals surface area contributed by atoms with E-state index in [1.165, 1.54) is 0 Å². The minimum absolute atomic E-state index is 0.0328. The summed E-state index contributed by atoms with van der Waals surface area (Å²) >= 11 is 0. The van der Waals surface area contributed by atoms with Crippen LogP contribution in [0, 0.1) is 12.8 Å². The monoisotopic (exact) mass is 799 g/mol. The predicted octanol–water partition coefficient (Wildman–Crippen LogP) is 4.00. The molecule has 15 heteroatoms. The number of imide groups is 2. The summed E-state index contributed by atoms with van der Waals surface area (Å²) in [6, 6.07) is 10.1. The Kier molecular flexibility index (Phi) is 15.0. The third-order valence-electron chi connectivity index (χ3n) is 11.0. The van der Waals surface area contributed by atoms with Gasteiger partial charge in [-0.3, -0.25) is 48.7 Å². The number of piperidine rings is 1. The van der Waals surface area contributed by atoms with Crippen molar-refractivity contribution >= 4 is 36.0 Å². The fourth-order valence-corrected chi connectivity index (χ4v) is 7.90. The van der Waals surface area contributed by atoms with E-state index in [1.54, 1.807) is 44.9 Å². The Morgan fingerprint density at radius 3 is 2.17 bits per heavy atom. The number of pyridine rings is 1. The smallest absolute Gasteiger partial charge is 0.290 e. The molecule has 0 aliphatic carbocycles. The number of methoxy groups -OCH3 is 2. The molecular weight excluding hydrogens is 746 g/mol. The van der Waals surface area contributed by atoms with Crippen molar-refractivity contribution in [3.63, 3.8) is 0 Å². The highest BCUT2D eigenvalue weighted by molar-refractivity contribution is 6.24. The van der Waals surface area contributed by atoms with E-state index in [9.17, 15) is 28.8 Å². The first kappa shape index (κ1) is 43.3. The Balaban J connectivity index is 0.00000207. The van der Waals surface area contributed by atoms with Crippen molar-refractivity contribution in [3.8, 4) is 22.6 Å². The minimum atomic E-state index is -0.961. The number of hydrogen-bond acceptors (Lipinski definition) is 10. The van der Waals surface area contributed by atoms with Crippen molar-refractivity contribution in [1.82, 2.24) is 25.0 Å². The van der Waals surface area contributed by atoms with Crippen LogP contribution in [0.15, 0.2) is 47.4 Å². The second-order valence-electron chi connectivity index (χ2n) is 15.0. The Hall–Kier alpha value is -5.83. The van der Waals surface area contributed by atoms with Crippen LogP contribution in [0.25, 0.3) is 11.1 Å². The molecule has 3 aliphatic heterocycles. The standard InChI is InChI=1S/C42H51N5O8.CH2O2/c1-26-19-29(22-45(2)40(26)51)28-20-34(54-3)32(35(21-28)55-4)25-46-23-30(24-46)38(49)43-18-11-9-7-5-6-8-10-13-27-14-12-15-31-37(27)42(53)47(41(31)52)33-16-17-36(48)44-39(33)50;2-1-3/h12,14-15,19-22,30,33H,5-11,13,16-18,23-25H2,1-4H3,(H,43,49)(H,44,48,50);1H,(H,2,3). The van der Waals surface area contributed by atoms with Gasteiger partial charge >= 0.3 is 0 Å². The minimum Gasteiger partial charge on any atom is -0.496 e. The number of carbonyl (C=O) groups excluding carboxylic acids is 5. The number of hydrogen-bond donors (Lipinski definition) is 3. The fraction of sp³-hybridized carbons (Fsp3) is 0.465. The third-order valence-corrected chi connectivity index (χ3v) is 11.0. The lowest BCUT2D eigenvalue weighted by atomic mass is 9.96. The maximum absolute atomic E-state index is 13.3. The zero-order valence-electron chi connectivity index (χ0n) is 33.6. The van der Waals surface area contributed by atoms with E-state index in [0.29, 0.717) is 60.8 Å². The molecule has 3 aliphatic rings. The van der Waals surface area contributed by atoms with Crippen molar-refractivity contribution in [2.24, 2.45) is 13.0 Å². The van der Waals surface area contributed by atoms with E-state index in [4.69, 9.17) is 19.4 Å². The SMILES string of the molecule is COc1cc(-c2cc(C)c(=O)n(C)c2)cc(OC)c1CN1CC(C(=O)NCCCCCCCCCc2cccc3c2C(=O)N(C2CCC(=O)NC2=O)C3=O)C1.O=CO.